The van der Waals surface area contributed by atoms with Gasteiger partial charge in [0.05, 0.1) is 0 Å². The average Bonchev–Trinajstić information content (AvgIpc) is 2.75. The first-order chi connectivity index (χ1) is 9.38. The van der Waals surface area contributed by atoms with Gasteiger partial charge in [0.1, 0.15) is 17.1 Å². The number of hydrogen-bond acceptors (Lipinski definition) is 2. The Kier molecular flexibility index (Phi) is 4.23. The van der Waals surface area contributed by atoms with Crippen LogP contribution in [-0.4, -0.2) is 20.9 Å². The smallest absolute Gasteiger partial charge is 0.339 e. The number of aromatic nitrogens is 2. The van der Waals surface area contributed by atoms with Crippen LogP contribution in [0.2, 0.25) is 0 Å². The van der Waals surface area contributed by atoms with Gasteiger partial charge >= 0.3 is 5.97 Å². The lowest BCUT2D eigenvalue weighted by Gasteiger charge is -2.04. The van der Waals surface area contributed by atoms with Crippen LogP contribution in [-0.2, 0) is 6.54 Å². The maximum absolute atomic E-state index is 13.9. The van der Waals surface area contributed by atoms with Gasteiger partial charge in [0.25, 0.3) is 0 Å². The van der Waals surface area contributed by atoms with Crippen LogP contribution >= 0.6 is 15.9 Å². The first-order valence-corrected chi connectivity index (χ1v) is 6.94. The van der Waals surface area contributed by atoms with Gasteiger partial charge in [0.15, 0.2) is 0 Å². The summed E-state index contributed by atoms with van der Waals surface area (Å²) >= 11 is 3.25. The van der Waals surface area contributed by atoms with Crippen molar-refractivity contribution in [1.29, 1.82) is 0 Å². The summed E-state index contributed by atoms with van der Waals surface area (Å²) in [6.07, 6.45) is 1.44. The van der Waals surface area contributed by atoms with Crippen LogP contribution in [0.1, 0.15) is 24.2 Å². The summed E-state index contributed by atoms with van der Waals surface area (Å²) in [5.74, 6) is -1.29. The average molecular weight is 341 g/mol. The zero-order valence-corrected chi connectivity index (χ0v) is 12.7. The van der Waals surface area contributed by atoms with Gasteiger partial charge in [-0.05, 0) is 24.1 Å². The zero-order chi connectivity index (χ0) is 14.9. The van der Waals surface area contributed by atoms with Crippen molar-refractivity contribution in [1.82, 2.24) is 9.78 Å². The van der Waals surface area contributed by atoms with Crippen LogP contribution in [0.15, 0.2) is 28.9 Å². The van der Waals surface area contributed by atoms with Crippen molar-refractivity contribution < 1.29 is 14.3 Å². The number of carboxylic acid groups (broad SMARTS) is 1. The lowest BCUT2D eigenvalue weighted by molar-refractivity contribution is 0.0697. The second-order valence-electron chi connectivity index (χ2n) is 4.94. The highest BCUT2D eigenvalue weighted by Gasteiger charge is 2.20. The van der Waals surface area contributed by atoms with E-state index in [4.69, 9.17) is 0 Å². The number of rotatable bonds is 4. The molecule has 1 aromatic heterocycles. The molecule has 0 unspecified atom stereocenters. The van der Waals surface area contributed by atoms with Crippen molar-refractivity contribution in [3.63, 3.8) is 0 Å². The summed E-state index contributed by atoms with van der Waals surface area (Å²) in [5, 5.41) is 13.5. The minimum atomic E-state index is -1.12. The summed E-state index contributed by atoms with van der Waals surface area (Å²) in [4.78, 5) is 11.3. The van der Waals surface area contributed by atoms with Crippen LogP contribution in [0.25, 0.3) is 11.3 Å². The number of hydrogen-bond donors (Lipinski definition) is 1. The molecule has 0 aliphatic heterocycles. The largest absolute Gasteiger partial charge is 0.478 e. The molecule has 0 saturated heterocycles. The molecule has 0 radical (unpaired) electrons. The molecule has 106 valence electrons. The molecule has 2 aromatic rings. The summed E-state index contributed by atoms with van der Waals surface area (Å²) in [7, 11) is 0. The standard InChI is InChI=1S/C14H14BrFN2O2/c1-8(2)6-18-7-11(14(19)20)13(17-18)10-5-9(15)3-4-12(10)16/h3-5,7-8H,6H2,1-2H3,(H,19,20). The molecular formula is C14H14BrFN2O2. The van der Waals surface area contributed by atoms with E-state index in [1.807, 2.05) is 13.8 Å². The Morgan fingerprint density at radius 3 is 2.80 bits per heavy atom. The van der Waals surface area contributed by atoms with Crippen molar-refractivity contribution in [2.24, 2.45) is 5.92 Å². The van der Waals surface area contributed by atoms with E-state index in [9.17, 15) is 14.3 Å². The van der Waals surface area contributed by atoms with E-state index >= 15 is 0 Å². The lowest BCUT2D eigenvalue weighted by Crippen LogP contribution is -2.04. The fourth-order valence-corrected chi connectivity index (χ4v) is 2.28. The fourth-order valence-electron chi connectivity index (χ4n) is 1.92. The Morgan fingerprint density at radius 2 is 2.20 bits per heavy atom. The van der Waals surface area contributed by atoms with E-state index in [0.717, 1.165) is 0 Å². The highest BCUT2D eigenvalue weighted by Crippen LogP contribution is 2.28. The second kappa shape index (κ2) is 5.75. The molecule has 0 amide bonds. The number of aromatic carboxylic acids is 1. The molecule has 0 atom stereocenters. The molecule has 0 fully saturated rings. The topological polar surface area (TPSA) is 55.1 Å². The maximum Gasteiger partial charge on any atom is 0.339 e. The van der Waals surface area contributed by atoms with Gasteiger partial charge < -0.3 is 5.11 Å². The number of carboxylic acids is 1. The zero-order valence-electron chi connectivity index (χ0n) is 11.1. The number of carbonyl (C=O) groups is 1. The number of halogens is 2. The normalized spacial score (nSPS) is 11.1. The third-order valence-corrected chi connectivity index (χ3v) is 3.22. The van der Waals surface area contributed by atoms with E-state index in [0.29, 0.717) is 16.9 Å². The molecular weight excluding hydrogens is 327 g/mol. The van der Waals surface area contributed by atoms with Gasteiger partial charge in [0, 0.05) is 22.8 Å². The van der Waals surface area contributed by atoms with E-state index in [1.165, 1.54) is 18.3 Å². The van der Waals surface area contributed by atoms with Crippen LogP contribution in [0.3, 0.4) is 0 Å². The SMILES string of the molecule is CC(C)Cn1cc(C(=O)O)c(-c2cc(Br)ccc2F)n1. The Labute approximate surface area is 124 Å². The van der Waals surface area contributed by atoms with Crippen LogP contribution in [0, 0.1) is 11.7 Å². The lowest BCUT2D eigenvalue weighted by atomic mass is 10.1. The highest BCUT2D eigenvalue weighted by atomic mass is 79.9. The van der Waals surface area contributed by atoms with Crippen molar-refractivity contribution >= 4 is 21.9 Å². The molecule has 0 bridgehead atoms. The summed E-state index contributed by atoms with van der Waals surface area (Å²) in [5.41, 5.74) is 0.332. The molecule has 0 saturated carbocycles. The highest BCUT2D eigenvalue weighted by molar-refractivity contribution is 9.10. The third-order valence-electron chi connectivity index (χ3n) is 2.73. The van der Waals surface area contributed by atoms with Crippen LogP contribution < -0.4 is 0 Å². The Hall–Kier alpha value is -1.69. The molecule has 2 rings (SSSR count). The first-order valence-electron chi connectivity index (χ1n) is 6.14. The molecule has 1 N–H and O–H groups in total. The molecule has 6 heteroatoms. The Balaban J connectivity index is 2.56. The van der Waals surface area contributed by atoms with Crippen molar-refractivity contribution in [2.45, 2.75) is 20.4 Å². The van der Waals surface area contributed by atoms with Crippen molar-refractivity contribution in [3.05, 3.63) is 40.2 Å². The van der Waals surface area contributed by atoms with E-state index in [1.54, 1.807) is 10.7 Å². The minimum absolute atomic E-state index is 0.00245. The number of nitrogens with zero attached hydrogens (tertiary/aromatic N) is 2. The molecule has 1 heterocycles. The van der Waals surface area contributed by atoms with E-state index in [-0.39, 0.29) is 16.8 Å². The predicted octanol–water partition coefficient (Wildman–Crippen LogP) is 3.81. The third kappa shape index (κ3) is 3.07. The van der Waals surface area contributed by atoms with Crippen molar-refractivity contribution in [3.8, 4) is 11.3 Å². The Bertz CT molecular complexity index is 653. The second-order valence-corrected chi connectivity index (χ2v) is 5.85. The van der Waals surface area contributed by atoms with Crippen LogP contribution in [0.4, 0.5) is 4.39 Å². The van der Waals surface area contributed by atoms with E-state index < -0.39 is 11.8 Å². The molecule has 1 aromatic carbocycles. The van der Waals surface area contributed by atoms with Gasteiger partial charge in [0.2, 0.25) is 0 Å². The predicted molar refractivity (Wildman–Crippen MR) is 77.1 cm³/mol. The molecule has 4 nitrogen and oxygen atoms in total. The minimum Gasteiger partial charge on any atom is -0.478 e. The maximum atomic E-state index is 13.9. The molecule has 0 aliphatic rings. The molecule has 0 spiro atoms. The monoisotopic (exact) mass is 340 g/mol. The summed E-state index contributed by atoms with van der Waals surface area (Å²) in [6, 6.07) is 4.38. The quantitative estimate of drug-likeness (QED) is 0.920. The molecule has 20 heavy (non-hydrogen) atoms. The van der Waals surface area contributed by atoms with Crippen LogP contribution in [0.5, 0.6) is 0 Å². The van der Waals surface area contributed by atoms with Gasteiger partial charge in [-0.3, -0.25) is 4.68 Å². The van der Waals surface area contributed by atoms with Gasteiger partial charge in [-0.2, -0.15) is 5.10 Å². The van der Waals surface area contributed by atoms with E-state index in [2.05, 4.69) is 21.0 Å². The number of benzene rings is 1. The first kappa shape index (κ1) is 14.7. The molecule has 0 aliphatic carbocycles. The van der Waals surface area contributed by atoms with Gasteiger partial charge in [-0.15, -0.1) is 0 Å². The summed E-state index contributed by atoms with van der Waals surface area (Å²) in [6.45, 7) is 4.58. The van der Waals surface area contributed by atoms with Crippen molar-refractivity contribution in [2.75, 3.05) is 0 Å². The Morgan fingerprint density at radius 1 is 1.50 bits per heavy atom. The summed E-state index contributed by atoms with van der Waals surface area (Å²) < 4.78 is 16.1. The van der Waals surface area contributed by atoms with Gasteiger partial charge in [-0.25, -0.2) is 9.18 Å². The fraction of sp³-hybridized carbons (Fsp3) is 0.286. The van der Waals surface area contributed by atoms with Gasteiger partial charge in [-0.1, -0.05) is 29.8 Å².